The molecule has 4 heteroatoms. The predicted molar refractivity (Wildman–Crippen MR) is 71.4 cm³/mol. The third kappa shape index (κ3) is 3.14. The van der Waals surface area contributed by atoms with Gasteiger partial charge in [0.25, 0.3) is 0 Å². The Bertz CT molecular complexity index is 557. The second-order valence-corrected chi connectivity index (χ2v) is 4.91. The SMILES string of the molecule is O=C(Cc1cccc(Br)c1)c1ccncc1Cl. The van der Waals surface area contributed by atoms with Gasteiger partial charge in [-0.25, -0.2) is 0 Å². The van der Waals surface area contributed by atoms with Crippen molar-refractivity contribution in [3.05, 3.63) is 63.3 Å². The molecule has 86 valence electrons. The number of pyridine rings is 1. The largest absolute Gasteiger partial charge is 0.294 e. The highest BCUT2D eigenvalue weighted by Crippen LogP contribution is 2.18. The van der Waals surface area contributed by atoms with E-state index in [-0.39, 0.29) is 5.78 Å². The zero-order valence-corrected chi connectivity index (χ0v) is 11.2. The molecule has 2 aromatic rings. The van der Waals surface area contributed by atoms with Crippen LogP contribution < -0.4 is 0 Å². The summed E-state index contributed by atoms with van der Waals surface area (Å²) in [4.78, 5) is 15.9. The van der Waals surface area contributed by atoms with Gasteiger partial charge in [0.1, 0.15) is 0 Å². The van der Waals surface area contributed by atoms with Crippen LogP contribution in [0.1, 0.15) is 15.9 Å². The molecular formula is C13H9BrClNO. The number of rotatable bonds is 3. The van der Waals surface area contributed by atoms with E-state index in [1.807, 2.05) is 24.3 Å². The molecule has 0 bridgehead atoms. The van der Waals surface area contributed by atoms with E-state index in [0.717, 1.165) is 10.0 Å². The molecule has 2 rings (SSSR count). The van der Waals surface area contributed by atoms with Gasteiger partial charge in [0.2, 0.25) is 0 Å². The fourth-order valence-electron chi connectivity index (χ4n) is 1.53. The summed E-state index contributed by atoms with van der Waals surface area (Å²) in [5.41, 5.74) is 1.47. The molecule has 1 heterocycles. The summed E-state index contributed by atoms with van der Waals surface area (Å²) in [5.74, 6) is -0.00417. The predicted octanol–water partition coefficient (Wildman–Crippen LogP) is 3.92. The summed E-state index contributed by atoms with van der Waals surface area (Å²) in [6, 6.07) is 9.31. The molecule has 0 atom stereocenters. The van der Waals surface area contributed by atoms with Crippen LogP contribution >= 0.6 is 27.5 Å². The average Bonchev–Trinajstić information content (AvgIpc) is 2.29. The van der Waals surface area contributed by atoms with Crippen LogP contribution in [0.4, 0.5) is 0 Å². The minimum Gasteiger partial charge on any atom is -0.294 e. The second-order valence-electron chi connectivity index (χ2n) is 3.59. The molecule has 1 aromatic carbocycles. The van der Waals surface area contributed by atoms with E-state index in [2.05, 4.69) is 20.9 Å². The monoisotopic (exact) mass is 309 g/mol. The zero-order valence-electron chi connectivity index (χ0n) is 8.86. The minimum atomic E-state index is -0.00417. The average molecular weight is 311 g/mol. The number of aromatic nitrogens is 1. The van der Waals surface area contributed by atoms with Crippen LogP contribution in [0, 0.1) is 0 Å². The third-order valence-corrected chi connectivity index (χ3v) is 3.12. The van der Waals surface area contributed by atoms with Gasteiger partial charge in [-0.3, -0.25) is 9.78 Å². The molecule has 0 unspecified atom stereocenters. The van der Waals surface area contributed by atoms with Crippen molar-refractivity contribution >= 4 is 33.3 Å². The maximum absolute atomic E-state index is 12.0. The molecule has 0 fully saturated rings. The number of carbonyl (C=O) groups is 1. The van der Waals surface area contributed by atoms with Crippen LogP contribution in [0.25, 0.3) is 0 Å². The molecule has 0 spiro atoms. The van der Waals surface area contributed by atoms with Gasteiger partial charge in [0.15, 0.2) is 5.78 Å². The smallest absolute Gasteiger partial charge is 0.168 e. The van der Waals surface area contributed by atoms with E-state index in [0.29, 0.717) is 17.0 Å². The molecule has 0 amide bonds. The lowest BCUT2D eigenvalue weighted by atomic mass is 10.0. The molecule has 0 saturated heterocycles. The quantitative estimate of drug-likeness (QED) is 0.804. The Labute approximate surface area is 113 Å². The Morgan fingerprint density at radius 2 is 2.18 bits per heavy atom. The maximum atomic E-state index is 12.0. The van der Waals surface area contributed by atoms with Gasteiger partial charge in [-0.1, -0.05) is 39.7 Å². The first-order chi connectivity index (χ1) is 8.16. The molecule has 0 N–H and O–H groups in total. The zero-order chi connectivity index (χ0) is 12.3. The standard InChI is InChI=1S/C13H9BrClNO/c14-10-3-1-2-9(6-10)7-13(17)11-4-5-16-8-12(11)15/h1-6,8H,7H2. The molecule has 0 aliphatic rings. The summed E-state index contributed by atoms with van der Waals surface area (Å²) in [6.45, 7) is 0. The number of halogens is 2. The minimum absolute atomic E-state index is 0.00417. The van der Waals surface area contributed by atoms with E-state index < -0.39 is 0 Å². The summed E-state index contributed by atoms with van der Waals surface area (Å²) in [5, 5.41) is 0.396. The van der Waals surface area contributed by atoms with E-state index in [9.17, 15) is 4.79 Å². The molecular weight excluding hydrogens is 302 g/mol. The van der Waals surface area contributed by atoms with E-state index >= 15 is 0 Å². The lowest BCUT2D eigenvalue weighted by Gasteiger charge is -2.03. The first-order valence-electron chi connectivity index (χ1n) is 5.04. The van der Waals surface area contributed by atoms with Crippen molar-refractivity contribution in [3.63, 3.8) is 0 Å². The maximum Gasteiger partial charge on any atom is 0.168 e. The highest BCUT2D eigenvalue weighted by Gasteiger charge is 2.10. The summed E-state index contributed by atoms with van der Waals surface area (Å²) >= 11 is 9.30. The lowest BCUT2D eigenvalue weighted by molar-refractivity contribution is 0.0993. The van der Waals surface area contributed by atoms with Crippen molar-refractivity contribution in [1.29, 1.82) is 0 Å². The number of carbonyl (C=O) groups excluding carboxylic acids is 1. The van der Waals surface area contributed by atoms with Crippen molar-refractivity contribution in [2.45, 2.75) is 6.42 Å². The fourth-order valence-corrected chi connectivity index (χ4v) is 2.20. The summed E-state index contributed by atoms with van der Waals surface area (Å²) < 4.78 is 0.962. The van der Waals surface area contributed by atoms with Crippen LogP contribution in [0.5, 0.6) is 0 Å². The van der Waals surface area contributed by atoms with Gasteiger partial charge in [0, 0.05) is 28.9 Å². The summed E-state index contributed by atoms with van der Waals surface area (Å²) in [7, 11) is 0. The number of ketones is 1. The third-order valence-electron chi connectivity index (χ3n) is 2.33. The molecule has 0 radical (unpaired) electrons. The van der Waals surface area contributed by atoms with Gasteiger partial charge < -0.3 is 0 Å². The Balaban J connectivity index is 2.20. The summed E-state index contributed by atoms with van der Waals surface area (Å²) in [6.07, 6.45) is 3.39. The number of hydrogen-bond donors (Lipinski definition) is 0. The first-order valence-corrected chi connectivity index (χ1v) is 6.21. The van der Waals surface area contributed by atoms with Crippen LogP contribution in [0.2, 0.25) is 5.02 Å². The van der Waals surface area contributed by atoms with Gasteiger partial charge >= 0.3 is 0 Å². The highest BCUT2D eigenvalue weighted by atomic mass is 79.9. The lowest BCUT2D eigenvalue weighted by Crippen LogP contribution is -2.04. The molecule has 0 aliphatic carbocycles. The van der Waals surface area contributed by atoms with E-state index in [4.69, 9.17) is 11.6 Å². The van der Waals surface area contributed by atoms with Crippen LogP contribution in [-0.2, 0) is 6.42 Å². The topological polar surface area (TPSA) is 30.0 Å². The Hall–Kier alpha value is -1.19. The number of benzene rings is 1. The van der Waals surface area contributed by atoms with Crippen molar-refractivity contribution in [1.82, 2.24) is 4.98 Å². The normalized spacial score (nSPS) is 10.2. The van der Waals surface area contributed by atoms with Crippen LogP contribution in [0.15, 0.2) is 47.2 Å². The molecule has 0 aliphatic heterocycles. The molecule has 1 aromatic heterocycles. The van der Waals surface area contributed by atoms with Crippen molar-refractivity contribution in [2.24, 2.45) is 0 Å². The number of nitrogens with zero attached hydrogens (tertiary/aromatic N) is 1. The van der Waals surface area contributed by atoms with Gasteiger partial charge in [-0.15, -0.1) is 0 Å². The fraction of sp³-hybridized carbons (Fsp3) is 0.0769. The Morgan fingerprint density at radius 3 is 2.88 bits per heavy atom. The number of Topliss-reactive ketones (excluding diaryl/α,β-unsaturated/α-hetero) is 1. The highest BCUT2D eigenvalue weighted by molar-refractivity contribution is 9.10. The van der Waals surface area contributed by atoms with E-state index in [1.165, 1.54) is 6.20 Å². The van der Waals surface area contributed by atoms with Crippen LogP contribution in [0.3, 0.4) is 0 Å². The van der Waals surface area contributed by atoms with Crippen molar-refractivity contribution in [3.8, 4) is 0 Å². The molecule has 0 saturated carbocycles. The van der Waals surface area contributed by atoms with Crippen LogP contribution in [-0.4, -0.2) is 10.8 Å². The Kier molecular flexibility index (Phi) is 3.92. The van der Waals surface area contributed by atoms with Gasteiger partial charge in [0.05, 0.1) is 5.02 Å². The van der Waals surface area contributed by atoms with Gasteiger partial charge in [-0.05, 0) is 23.8 Å². The first kappa shape index (κ1) is 12.3. The van der Waals surface area contributed by atoms with Crippen molar-refractivity contribution in [2.75, 3.05) is 0 Å². The van der Waals surface area contributed by atoms with Crippen molar-refractivity contribution < 1.29 is 4.79 Å². The second kappa shape index (κ2) is 5.43. The number of hydrogen-bond acceptors (Lipinski definition) is 2. The van der Waals surface area contributed by atoms with Gasteiger partial charge in [-0.2, -0.15) is 0 Å². The Morgan fingerprint density at radius 1 is 1.35 bits per heavy atom. The molecule has 2 nitrogen and oxygen atoms in total. The molecule has 17 heavy (non-hydrogen) atoms. The van der Waals surface area contributed by atoms with E-state index in [1.54, 1.807) is 12.3 Å².